The normalized spacial score (nSPS) is 15.1. The van der Waals surface area contributed by atoms with E-state index in [1.807, 2.05) is 13.8 Å². The number of primary amides is 1. The lowest BCUT2D eigenvalue weighted by molar-refractivity contribution is -0.00139. The minimum atomic E-state index is -0.653. The van der Waals surface area contributed by atoms with Crippen molar-refractivity contribution in [2.24, 2.45) is 11.1 Å². The molecule has 2 aromatic heterocycles. The molecule has 1 fully saturated rings. The number of hydrogen-bond acceptors (Lipinski definition) is 6. The van der Waals surface area contributed by atoms with Gasteiger partial charge in [-0.3, -0.25) is 9.36 Å². The summed E-state index contributed by atoms with van der Waals surface area (Å²) >= 11 is 0. The lowest BCUT2D eigenvalue weighted by Gasteiger charge is -2.39. The monoisotopic (exact) mass is 424 g/mol. The van der Waals surface area contributed by atoms with Crippen LogP contribution >= 0.6 is 0 Å². The van der Waals surface area contributed by atoms with Crippen molar-refractivity contribution in [2.75, 3.05) is 18.9 Å². The maximum absolute atomic E-state index is 12.2. The second-order valence-corrected chi connectivity index (χ2v) is 8.62. The number of fused-ring (bicyclic) bond motifs is 1. The number of benzene rings is 1. The number of aryl methyl sites for hydroxylation is 2. The number of amides is 1. The standard InChI is InChI=1S/C23H28N4O4/c1-12-5-6-16(29)14(3)18(12)27-19(24)17(20(25)30)15-9-13(2)22(26-21(15)27)31-11-23(10-28)7-4-8-23/h5-6,9,28-29H,4,7-8,10-11,24H2,1-3H3,(H2,25,30). The molecule has 3 aromatic rings. The molecule has 0 spiro atoms. The molecule has 0 aliphatic heterocycles. The van der Waals surface area contributed by atoms with Crippen LogP contribution in [-0.4, -0.2) is 38.9 Å². The number of carbonyl (C=O) groups excluding carboxylic acids is 1. The maximum atomic E-state index is 12.2. The van der Waals surface area contributed by atoms with E-state index in [4.69, 9.17) is 21.2 Å². The molecule has 0 saturated heterocycles. The van der Waals surface area contributed by atoms with Crippen LogP contribution in [0.4, 0.5) is 5.82 Å². The van der Waals surface area contributed by atoms with Gasteiger partial charge in [-0.2, -0.15) is 4.98 Å². The maximum Gasteiger partial charge on any atom is 0.253 e. The molecule has 8 nitrogen and oxygen atoms in total. The molecule has 4 rings (SSSR count). The fraction of sp³-hybridized carbons (Fsp3) is 0.391. The number of aliphatic hydroxyl groups is 1. The average molecular weight is 425 g/mol. The fourth-order valence-corrected chi connectivity index (χ4v) is 4.35. The van der Waals surface area contributed by atoms with Gasteiger partial charge in [-0.1, -0.05) is 12.5 Å². The average Bonchev–Trinajstić information content (AvgIpc) is 2.96. The first-order valence-electron chi connectivity index (χ1n) is 10.3. The van der Waals surface area contributed by atoms with E-state index in [0.29, 0.717) is 34.8 Å². The Morgan fingerprint density at radius 2 is 1.97 bits per heavy atom. The number of aromatic hydroxyl groups is 1. The topological polar surface area (TPSA) is 137 Å². The van der Waals surface area contributed by atoms with E-state index in [-0.39, 0.29) is 29.2 Å². The fourth-order valence-electron chi connectivity index (χ4n) is 4.35. The van der Waals surface area contributed by atoms with Crippen LogP contribution in [0, 0.1) is 26.2 Å². The molecule has 1 aliphatic carbocycles. The van der Waals surface area contributed by atoms with Crippen molar-refractivity contribution in [2.45, 2.75) is 40.0 Å². The number of nitrogens with two attached hydrogens (primary N) is 2. The highest BCUT2D eigenvalue weighted by atomic mass is 16.5. The minimum Gasteiger partial charge on any atom is -0.508 e. The molecule has 8 heteroatoms. The third-order valence-electron chi connectivity index (χ3n) is 6.46. The second kappa shape index (κ2) is 7.46. The summed E-state index contributed by atoms with van der Waals surface area (Å²) in [4.78, 5) is 17.0. The van der Waals surface area contributed by atoms with Crippen LogP contribution in [0.2, 0.25) is 0 Å². The quantitative estimate of drug-likeness (QED) is 0.480. The van der Waals surface area contributed by atoms with E-state index in [0.717, 1.165) is 30.4 Å². The molecule has 0 bridgehead atoms. The summed E-state index contributed by atoms with van der Waals surface area (Å²) in [5.41, 5.74) is 15.3. The predicted octanol–water partition coefficient (Wildman–Crippen LogP) is 2.88. The van der Waals surface area contributed by atoms with Gasteiger partial charge < -0.3 is 26.4 Å². The van der Waals surface area contributed by atoms with E-state index in [1.54, 1.807) is 29.7 Å². The van der Waals surface area contributed by atoms with Gasteiger partial charge in [0, 0.05) is 21.9 Å². The molecule has 164 valence electrons. The summed E-state index contributed by atoms with van der Waals surface area (Å²) in [7, 11) is 0. The molecule has 1 amide bonds. The lowest BCUT2D eigenvalue weighted by Crippen LogP contribution is -2.39. The number of anilines is 1. The number of rotatable bonds is 6. The number of nitrogen functional groups attached to an aromatic ring is 1. The van der Waals surface area contributed by atoms with Gasteiger partial charge in [0.05, 0.1) is 24.5 Å². The van der Waals surface area contributed by atoms with Crippen LogP contribution in [0.25, 0.3) is 16.7 Å². The zero-order valence-electron chi connectivity index (χ0n) is 18.0. The molecular weight excluding hydrogens is 396 g/mol. The van der Waals surface area contributed by atoms with E-state index >= 15 is 0 Å². The second-order valence-electron chi connectivity index (χ2n) is 8.62. The predicted molar refractivity (Wildman–Crippen MR) is 119 cm³/mol. The Labute approximate surface area is 180 Å². The van der Waals surface area contributed by atoms with Crippen LogP contribution in [-0.2, 0) is 0 Å². The Morgan fingerprint density at radius 1 is 1.26 bits per heavy atom. The van der Waals surface area contributed by atoms with Crippen molar-refractivity contribution in [1.82, 2.24) is 9.55 Å². The highest BCUT2D eigenvalue weighted by Crippen LogP contribution is 2.41. The number of aromatic nitrogens is 2. The molecule has 1 aliphatic rings. The van der Waals surface area contributed by atoms with E-state index in [2.05, 4.69) is 0 Å². The third kappa shape index (κ3) is 3.27. The Bertz CT molecular complexity index is 1190. The summed E-state index contributed by atoms with van der Waals surface area (Å²) < 4.78 is 7.69. The van der Waals surface area contributed by atoms with Gasteiger partial charge in [0.1, 0.15) is 11.6 Å². The lowest BCUT2D eigenvalue weighted by atomic mass is 9.70. The Morgan fingerprint density at radius 3 is 2.55 bits per heavy atom. The number of phenols is 1. The SMILES string of the molecule is Cc1cc2c(C(N)=O)c(N)n(-c3c(C)ccc(O)c3C)c2nc1OCC1(CO)CCC1. The summed E-state index contributed by atoms with van der Waals surface area (Å²) in [6, 6.07) is 5.19. The highest BCUT2D eigenvalue weighted by Gasteiger charge is 2.37. The number of phenolic OH excluding ortho intramolecular Hbond substituents is 1. The molecule has 1 saturated carbocycles. The molecule has 6 N–H and O–H groups in total. The van der Waals surface area contributed by atoms with Crippen molar-refractivity contribution >= 4 is 22.8 Å². The van der Waals surface area contributed by atoms with Gasteiger partial charge in [0.15, 0.2) is 5.65 Å². The van der Waals surface area contributed by atoms with Crippen molar-refractivity contribution in [3.05, 3.63) is 40.5 Å². The van der Waals surface area contributed by atoms with Crippen molar-refractivity contribution in [1.29, 1.82) is 0 Å². The number of ether oxygens (including phenoxy) is 1. The molecule has 2 heterocycles. The number of aliphatic hydroxyl groups excluding tert-OH is 1. The van der Waals surface area contributed by atoms with Gasteiger partial charge in [0.2, 0.25) is 5.88 Å². The van der Waals surface area contributed by atoms with Crippen molar-refractivity contribution < 1.29 is 19.7 Å². The van der Waals surface area contributed by atoms with Crippen LogP contribution in [0.3, 0.4) is 0 Å². The molecular formula is C23H28N4O4. The molecule has 1 aromatic carbocycles. The van der Waals surface area contributed by atoms with Crippen LogP contribution in [0.1, 0.15) is 46.3 Å². The third-order valence-corrected chi connectivity index (χ3v) is 6.46. The van der Waals surface area contributed by atoms with Gasteiger partial charge in [-0.25, -0.2) is 0 Å². The zero-order chi connectivity index (χ0) is 22.5. The van der Waals surface area contributed by atoms with Crippen LogP contribution in [0.5, 0.6) is 11.6 Å². The Balaban J connectivity index is 1.93. The van der Waals surface area contributed by atoms with E-state index in [1.165, 1.54) is 0 Å². The Hall–Kier alpha value is -3.26. The van der Waals surface area contributed by atoms with Gasteiger partial charge >= 0.3 is 0 Å². The number of hydrogen-bond donors (Lipinski definition) is 4. The number of carbonyl (C=O) groups is 1. The molecule has 0 atom stereocenters. The smallest absolute Gasteiger partial charge is 0.253 e. The summed E-state index contributed by atoms with van der Waals surface area (Å²) in [6.07, 6.45) is 2.91. The van der Waals surface area contributed by atoms with Crippen molar-refractivity contribution in [3.8, 4) is 17.3 Å². The summed E-state index contributed by atoms with van der Waals surface area (Å²) in [6.45, 7) is 5.96. The number of nitrogens with zero attached hydrogens (tertiary/aromatic N) is 2. The van der Waals surface area contributed by atoms with Crippen LogP contribution in [0.15, 0.2) is 18.2 Å². The first-order valence-corrected chi connectivity index (χ1v) is 10.3. The first kappa shape index (κ1) is 21.0. The molecule has 0 radical (unpaired) electrons. The van der Waals surface area contributed by atoms with E-state index < -0.39 is 5.91 Å². The first-order chi connectivity index (χ1) is 14.7. The zero-order valence-corrected chi connectivity index (χ0v) is 18.0. The van der Waals surface area contributed by atoms with Gasteiger partial charge in [-0.15, -0.1) is 0 Å². The van der Waals surface area contributed by atoms with Gasteiger partial charge in [0.25, 0.3) is 5.91 Å². The number of pyridine rings is 1. The molecule has 31 heavy (non-hydrogen) atoms. The molecule has 0 unspecified atom stereocenters. The summed E-state index contributed by atoms with van der Waals surface area (Å²) in [5.74, 6) is 0.0350. The largest absolute Gasteiger partial charge is 0.508 e. The van der Waals surface area contributed by atoms with Crippen molar-refractivity contribution in [3.63, 3.8) is 0 Å². The Kier molecular flexibility index (Phi) is 5.05. The highest BCUT2D eigenvalue weighted by molar-refractivity contribution is 6.11. The van der Waals surface area contributed by atoms with Crippen LogP contribution < -0.4 is 16.2 Å². The summed E-state index contributed by atoms with van der Waals surface area (Å²) in [5, 5.41) is 20.5. The van der Waals surface area contributed by atoms with E-state index in [9.17, 15) is 15.0 Å². The minimum absolute atomic E-state index is 0.0745. The van der Waals surface area contributed by atoms with Gasteiger partial charge in [-0.05, 0) is 51.3 Å².